The molecule has 16 heavy (non-hydrogen) atoms. The molecule has 0 radical (unpaired) electrons. The molecule has 5 heteroatoms. The lowest BCUT2D eigenvalue weighted by atomic mass is 9.93. The molecule has 0 aromatic carbocycles. The fraction of sp³-hybridized carbons (Fsp3) is 0.455. The topological polar surface area (TPSA) is 51.2 Å². The third-order valence-corrected chi connectivity index (χ3v) is 2.57. The van der Waals surface area contributed by atoms with E-state index in [2.05, 4.69) is 37.7 Å². The van der Waals surface area contributed by atoms with Gasteiger partial charge in [-0.2, -0.15) is 0 Å². The van der Waals surface area contributed by atoms with E-state index in [0.717, 1.165) is 5.69 Å². The highest BCUT2D eigenvalue weighted by atomic mass is 32.1. The molecule has 0 atom stereocenters. The van der Waals surface area contributed by atoms with Crippen LogP contribution in [0.2, 0.25) is 0 Å². The van der Waals surface area contributed by atoms with Crippen LogP contribution in [0.5, 0.6) is 0 Å². The largest absolute Gasteiger partial charge is 0.445 e. The van der Waals surface area contributed by atoms with E-state index in [0.29, 0.717) is 5.13 Å². The first-order valence-electron chi connectivity index (χ1n) is 4.94. The van der Waals surface area contributed by atoms with E-state index in [9.17, 15) is 4.79 Å². The van der Waals surface area contributed by atoms with Crippen molar-refractivity contribution in [2.45, 2.75) is 26.2 Å². The van der Waals surface area contributed by atoms with Crippen molar-refractivity contribution in [2.75, 3.05) is 11.9 Å². The van der Waals surface area contributed by atoms with E-state index in [1.54, 1.807) is 0 Å². The highest BCUT2D eigenvalue weighted by Gasteiger charge is 2.18. The van der Waals surface area contributed by atoms with Crippen LogP contribution in [0.25, 0.3) is 0 Å². The molecular formula is C11H16N2O2S. The quantitative estimate of drug-likeness (QED) is 0.825. The second-order valence-corrected chi connectivity index (χ2v) is 5.16. The first kappa shape index (κ1) is 12.7. The summed E-state index contributed by atoms with van der Waals surface area (Å²) >= 11 is 1.39. The molecule has 0 bridgehead atoms. The summed E-state index contributed by atoms with van der Waals surface area (Å²) in [5.74, 6) is 0. The zero-order valence-corrected chi connectivity index (χ0v) is 10.6. The Morgan fingerprint density at radius 2 is 2.38 bits per heavy atom. The van der Waals surface area contributed by atoms with Gasteiger partial charge in [0.15, 0.2) is 5.13 Å². The number of nitrogens with zero attached hydrogens (tertiary/aromatic N) is 1. The molecule has 1 aromatic heterocycles. The van der Waals surface area contributed by atoms with Crippen LogP contribution in [0.1, 0.15) is 26.5 Å². The third-order valence-electron chi connectivity index (χ3n) is 1.81. The predicted molar refractivity (Wildman–Crippen MR) is 66.0 cm³/mol. The Morgan fingerprint density at radius 1 is 1.69 bits per heavy atom. The summed E-state index contributed by atoms with van der Waals surface area (Å²) in [6, 6.07) is 0. The molecule has 0 fully saturated rings. The molecule has 1 amide bonds. The number of thiazole rings is 1. The van der Waals surface area contributed by atoms with Gasteiger partial charge in [-0.3, -0.25) is 5.32 Å². The molecule has 1 aromatic rings. The lowest BCUT2D eigenvalue weighted by molar-refractivity contribution is 0.174. The lowest BCUT2D eigenvalue weighted by Gasteiger charge is -2.14. The second kappa shape index (κ2) is 5.12. The van der Waals surface area contributed by atoms with Crippen LogP contribution in [-0.4, -0.2) is 17.7 Å². The van der Waals surface area contributed by atoms with Gasteiger partial charge in [0.2, 0.25) is 0 Å². The average molecular weight is 240 g/mol. The van der Waals surface area contributed by atoms with Gasteiger partial charge in [0, 0.05) is 10.8 Å². The summed E-state index contributed by atoms with van der Waals surface area (Å²) in [5.41, 5.74) is 0.943. The molecule has 0 spiro atoms. The standard InChI is InChI=1S/C11H16N2O2S/c1-5-6-15-10(14)13-9-12-8(7-16-9)11(2,3)4/h5,7H,1,6H2,2-4H3,(H,12,13,14). The fourth-order valence-corrected chi connectivity index (χ4v) is 1.86. The van der Waals surface area contributed by atoms with E-state index < -0.39 is 6.09 Å². The number of hydrogen-bond acceptors (Lipinski definition) is 4. The molecule has 4 nitrogen and oxygen atoms in total. The van der Waals surface area contributed by atoms with Gasteiger partial charge in [0.1, 0.15) is 6.61 Å². The molecule has 0 saturated carbocycles. The van der Waals surface area contributed by atoms with E-state index in [4.69, 9.17) is 4.74 Å². The number of carbonyl (C=O) groups excluding carboxylic acids is 1. The van der Waals surface area contributed by atoms with Crippen molar-refractivity contribution in [1.82, 2.24) is 4.98 Å². The highest BCUT2D eigenvalue weighted by molar-refractivity contribution is 7.13. The molecule has 0 unspecified atom stereocenters. The Hall–Kier alpha value is -1.36. The summed E-state index contributed by atoms with van der Waals surface area (Å²) < 4.78 is 4.79. The van der Waals surface area contributed by atoms with Crippen LogP contribution in [0.3, 0.4) is 0 Å². The minimum atomic E-state index is -0.505. The molecule has 88 valence electrons. The summed E-state index contributed by atoms with van der Waals surface area (Å²) in [4.78, 5) is 15.5. The molecule has 0 saturated heterocycles. The van der Waals surface area contributed by atoms with Crippen molar-refractivity contribution in [1.29, 1.82) is 0 Å². The number of anilines is 1. The van der Waals surface area contributed by atoms with Crippen LogP contribution in [0, 0.1) is 0 Å². The van der Waals surface area contributed by atoms with E-state index in [1.165, 1.54) is 17.4 Å². The van der Waals surface area contributed by atoms with Gasteiger partial charge in [-0.1, -0.05) is 33.4 Å². The Balaban J connectivity index is 2.59. The minimum Gasteiger partial charge on any atom is -0.445 e. The van der Waals surface area contributed by atoms with Crippen LogP contribution >= 0.6 is 11.3 Å². The van der Waals surface area contributed by atoms with Crippen molar-refractivity contribution in [3.05, 3.63) is 23.7 Å². The lowest BCUT2D eigenvalue weighted by Crippen LogP contribution is -2.15. The van der Waals surface area contributed by atoms with Gasteiger partial charge in [0.25, 0.3) is 0 Å². The number of rotatable bonds is 3. The summed E-state index contributed by atoms with van der Waals surface area (Å²) in [5, 5.41) is 5.06. The number of hydrogen-bond donors (Lipinski definition) is 1. The van der Waals surface area contributed by atoms with Gasteiger partial charge in [0.05, 0.1) is 5.69 Å². The van der Waals surface area contributed by atoms with Crippen LogP contribution < -0.4 is 5.32 Å². The fourth-order valence-electron chi connectivity index (χ4n) is 0.934. The third kappa shape index (κ3) is 3.66. The molecule has 1 rings (SSSR count). The van der Waals surface area contributed by atoms with Gasteiger partial charge in [-0.05, 0) is 0 Å². The minimum absolute atomic E-state index is 0.0124. The van der Waals surface area contributed by atoms with Crippen LogP contribution in [0.4, 0.5) is 9.93 Å². The van der Waals surface area contributed by atoms with Gasteiger partial charge < -0.3 is 4.74 Å². The van der Waals surface area contributed by atoms with Crippen molar-refractivity contribution in [2.24, 2.45) is 0 Å². The van der Waals surface area contributed by atoms with Crippen LogP contribution in [-0.2, 0) is 10.2 Å². The Bertz CT molecular complexity index is 380. The summed E-state index contributed by atoms with van der Waals surface area (Å²) in [6.07, 6.45) is 1.01. The SMILES string of the molecule is C=CCOC(=O)Nc1nc(C(C)(C)C)cs1. The smallest absolute Gasteiger partial charge is 0.413 e. The summed E-state index contributed by atoms with van der Waals surface area (Å²) in [7, 11) is 0. The highest BCUT2D eigenvalue weighted by Crippen LogP contribution is 2.26. The monoisotopic (exact) mass is 240 g/mol. The maximum absolute atomic E-state index is 11.2. The number of ether oxygens (including phenoxy) is 1. The molecule has 0 aliphatic rings. The number of carbonyl (C=O) groups is 1. The first-order chi connectivity index (χ1) is 7.43. The maximum Gasteiger partial charge on any atom is 0.413 e. The number of amides is 1. The Labute approximate surface area is 99.3 Å². The Kier molecular flexibility index (Phi) is 4.06. The average Bonchev–Trinajstić information content (AvgIpc) is 2.62. The second-order valence-electron chi connectivity index (χ2n) is 4.30. The number of nitrogens with one attached hydrogen (secondary N) is 1. The van der Waals surface area contributed by atoms with E-state index in [-0.39, 0.29) is 12.0 Å². The zero-order chi connectivity index (χ0) is 12.2. The van der Waals surface area contributed by atoms with Crippen molar-refractivity contribution in [3.8, 4) is 0 Å². The van der Waals surface area contributed by atoms with Gasteiger partial charge in [-0.25, -0.2) is 9.78 Å². The van der Waals surface area contributed by atoms with Gasteiger partial charge in [-0.15, -0.1) is 11.3 Å². The van der Waals surface area contributed by atoms with E-state index in [1.807, 2.05) is 5.38 Å². The zero-order valence-electron chi connectivity index (χ0n) is 9.74. The van der Waals surface area contributed by atoms with Crippen LogP contribution in [0.15, 0.2) is 18.0 Å². The van der Waals surface area contributed by atoms with Crippen molar-refractivity contribution < 1.29 is 9.53 Å². The maximum atomic E-state index is 11.2. The summed E-state index contributed by atoms with van der Waals surface area (Å²) in [6.45, 7) is 9.87. The Morgan fingerprint density at radius 3 is 2.88 bits per heavy atom. The molecule has 1 heterocycles. The first-order valence-corrected chi connectivity index (χ1v) is 5.82. The normalized spacial score (nSPS) is 10.9. The van der Waals surface area contributed by atoms with E-state index >= 15 is 0 Å². The predicted octanol–water partition coefficient (Wildman–Crippen LogP) is 3.18. The number of aromatic nitrogens is 1. The molecule has 1 N–H and O–H groups in total. The molecule has 0 aliphatic heterocycles. The van der Waals surface area contributed by atoms with Crippen molar-refractivity contribution >= 4 is 22.6 Å². The molecule has 0 aliphatic carbocycles. The van der Waals surface area contributed by atoms with Crippen molar-refractivity contribution in [3.63, 3.8) is 0 Å². The molecular weight excluding hydrogens is 224 g/mol. The van der Waals surface area contributed by atoms with Gasteiger partial charge >= 0.3 is 6.09 Å².